The van der Waals surface area contributed by atoms with Crippen LogP contribution >= 0.6 is 0 Å². The van der Waals surface area contributed by atoms with E-state index in [9.17, 15) is 8.42 Å². The smallest absolute Gasteiger partial charge is 0.279 e. The van der Waals surface area contributed by atoms with Crippen LogP contribution in [0.2, 0.25) is 0 Å². The molecule has 2 aliphatic rings. The lowest BCUT2D eigenvalue weighted by atomic mass is 9.91. The molecule has 1 spiro atoms. The van der Waals surface area contributed by atoms with E-state index in [0.29, 0.717) is 13.2 Å². The molecule has 17 heavy (non-hydrogen) atoms. The zero-order valence-corrected chi connectivity index (χ0v) is 11.1. The van der Waals surface area contributed by atoms with E-state index in [1.54, 1.807) is 0 Å². The van der Waals surface area contributed by atoms with Crippen molar-refractivity contribution in [1.29, 1.82) is 0 Å². The monoisotopic (exact) mass is 264 g/mol. The summed E-state index contributed by atoms with van der Waals surface area (Å²) in [6.45, 7) is 1.29. The highest BCUT2D eigenvalue weighted by Gasteiger charge is 2.41. The lowest BCUT2D eigenvalue weighted by Gasteiger charge is -2.35. The van der Waals surface area contributed by atoms with Gasteiger partial charge in [-0.25, -0.2) is 0 Å². The fourth-order valence-electron chi connectivity index (χ4n) is 2.28. The average Bonchev–Trinajstić information content (AvgIpc) is 2.70. The van der Waals surface area contributed by atoms with Crippen LogP contribution in [0.25, 0.3) is 0 Å². The second-order valence-electron chi connectivity index (χ2n) is 4.79. The average molecular weight is 264 g/mol. The fraction of sp³-hybridized carbons (Fsp3) is 1.00. The summed E-state index contributed by atoms with van der Waals surface area (Å²) >= 11 is 0. The minimum atomic E-state index is -3.33. The molecule has 2 rings (SSSR count). The molecule has 7 heteroatoms. The summed E-state index contributed by atoms with van der Waals surface area (Å²) in [6, 6.07) is -0.0131. The van der Waals surface area contributed by atoms with Crippen molar-refractivity contribution in [3.8, 4) is 0 Å². The van der Waals surface area contributed by atoms with Gasteiger partial charge in [0.1, 0.15) is 0 Å². The Balaban J connectivity index is 1.87. The first-order valence-electron chi connectivity index (χ1n) is 5.91. The third-order valence-electron chi connectivity index (χ3n) is 3.36. The Labute approximate surface area is 102 Å². The largest absolute Gasteiger partial charge is 0.348 e. The van der Waals surface area contributed by atoms with E-state index in [4.69, 9.17) is 9.47 Å². The van der Waals surface area contributed by atoms with Crippen molar-refractivity contribution >= 4 is 10.2 Å². The molecule has 0 unspecified atom stereocenters. The van der Waals surface area contributed by atoms with Gasteiger partial charge in [-0.05, 0) is 12.8 Å². The van der Waals surface area contributed by atoms with Crippen LogP contribution in [0.3, 0.4) is 0 Å². The third-order valence-corrected chi connectivity index (χ3v) is 4.95. The van der Waals surface area contributed by atoms with E-state index in [0.717, 1.165) is 25.7 Å². The molecule has 0 aromatic heterocycles. The van der Waals surface area contributed by atoms with Crippen molar-refractivity contribution in [1.82, 2.24) is 9.03 Å². The normalized spacial score (nSPS) is 25.8. The molecule has 0 bridgehead atoms. The molecule has 100 valence electrons. The van der Waals surface area contributed by atoms with Crippen LogP contribution in [0.15, 0.2) is 0 Å². The first kappa shape index (κ1) is 13.2. The van der Waals surface area contributed by atoms with E-state index in [2.05, 4.69) is 4.72 Å². The maximum absolute atomic E-state index is 11.7. The first-order chi connectivity index (χ1) is 7.94. The molecule has 0 radical (unpaired) electrons. The minimum Gasteiger partial charge on any atom is -0.348 e. The van der Waals surface area contributed by atoms with Gasteiger partial charge in [0.2, 0.25) is 0 Å². The summed E-state index contributed by atoms with van der Waals surface area (Å²) in [5, 5.41) is 0. The highest BCUT2D eigenvalue weighted by Crippen LogP contribution is 2.35. The minimum absolute atomic E-state index is 0.0131. The molecular formula is C10H20N2O4S. The molecule has 1 aliphatic carbocycles. The quantitative estimate of drug-likeness (QED) is 0.783. The van der Waals surface area contributed by atoms with Crippen molar-refractivity contribution in [2.45, 2.75) is 37.5 Å². The lowest BCUT2D eigenvalue weighted by molar-refractivity contribution is -0.178. The van der Waals surface area contributed by atoms with Crippen LogP contribution < -0.4 is 4.72 Å². The van der Waals surface area contributed by atoms with Crippen LogP contribution in [0.5, 0.6) is 0 Å². The summed E-state index contributed by atoms with van der Waals surface area (Å²) < 4.78 is 38.4. The van der Waals surface area contributed by atoms with Gasteiger partial charge < -0.3 is 9.47 Å². The molecule has 0 aromatic rings. The van der Waals surface area contributed by atoms with Gasteiger partial charge in [-0.1, -0.05) is 0 Å². The number of hydrogen-bond donors (Lipinski definition) is 1. The van der Waals surface area contributed by atoms with E-state index < -0.39 is 16.0 Å². The summed E-state index contributed by atoms with van der Waals surface area (Å²) in [4.78, 5) is 0. The molecule has 1 aliphatic heterocycles. The molecule has 0 amide bonds. The molecule has 6 nitrogen and oxygen atoms in total. The summed E-state index contributed by atoms with van der Waals surface area (Å²) in [6.07, 6.45) is 3.03. The molecule has 0 aromatic carbocycles. The first-order valence-corrected chi connectivity index (χ1v) is 7.35. The zero-order chi connectivity index (χ0) is 12.5. The third kappa shape index (κ3) is 2.97. The van der Waals surface area contributed by atoms with Crippen molar-refractivity contribution in [3.63, 3.8) is 0 Å². The molecule has 2 fully saturated rings. The molecule has 1 saturated heterocycles. The highest BCUT2D eigenvalue weighted by molar-refractivity contribution is 7.87. The zero-order valence-electron chi connectivity index (χ0n) is 10.3. The maximum Gasteiger partial charge on any atom is 0.279 e. The van der Waals surface area contributed by atoms with Crippen molar-refractivity contribution < 1.29 is 17.9 Å². The van der Waals surface area contributed by atoms with Gasteiger partial charge >= 0.3 is 0 Å². The van der Waals surface area contributed by atoms with Gasteiger partial charge in [-0.15, -0.1) is 0 Å². The van der Waals surface area contributed by atoms with Crippen LogP contribution in [0, 0.1) is 0 Å². The fourth-order valence-corrected chi connectivity index (χ4v) is 3.14. The lowest BCUT2D eigenvalue weighted by Crippen LogP contribution is -2.47. The van der Waals surface area contributed by atoms with Crippen molar-refractivity contribution in [3.05, 3.63) is 0 Å². The molecule has 1 saturated carbocycles. The Morgan fingerprint density at radius 3 is 2.18 bits per heavy atom. The molecule has 1 heterocycles. The highest BCUT2D eigenvalue weighted by atomic mass is 32.2. The van der Waals surface area contributed by atoms with Crippen LogP contribution in [-0.2, 0) is 19.7 Å². The van der Waals surface area contributed by atoms with Crippen LogP contribution in [0.4, 0.5) is 0 Å². The second kappa shape index (κ2) is 4.81. The molecule has 1 N–H and O–H groups in total. The Hall–Kier alpha value is -0.210. The van der Waals surface area contributed by atoms with E-state index >= 15 is 0 Å². The maximum atomic E-state index is 11.7. The van der Waals surface area contributed by atoms with E-state index in [1.807, 2.05) is 0 Å². The Bertz CT molecular complexity index is 353. The number of ether oxygens (including phenoxy) is 2. The van der Waals surface area contributed by atoms with Gasteiger partial charge in [0.15, 0.2) is 5.79 Å². The molecule has 0 atom stereocenters. The summed E-state index contributed by atoms with van der Waals surface area (Å²) in [7, 11) is -0.284. The van der Waals surface area contributed by atoms with Gasteiger partial charge in [-0.3, -0.25) is 0 Å². The van der Waals surface area contributed by atoms with E-state index in [-0.39, 0.29) is 6.04 Å². The van der Waals surface area contributed by atoms with Crippen LogP contribution in [0.1, 0.15) is 25.7 Å². The second-order valence-corrected chi connectivity index (χ2v) is 6.70. The predicted molar refractivity (Wildman–Crippen MR) is 62.6 cm³/mol. The molecular weight excluding hydrogens is 244 g/mol. The van der Waals surface area contributed by atoms with Gasteiger partial charge in [0, 0.05) is 33.0 Å². The summed E-state index contributed by atoms with van der Waals surface area (Å²) in [5.74, 6) is -0.430. The Kier molecular flexibility index (Phi) is 3.74. The Morgan fingerprint density at radius 2 is 1.71 bits per heavy atom. The number of rotatable bonds is 3. The van der Waals surface area contributed by atoms with E-state index in [1.165, 1.54) is 18.4 Å². The van der Waals surface area contributed by atoms with Crippen molar-refractivity contribution in [2.75, 3.05) is 27.3 Å². The van der Waals surface area contributed by atoms with Crippen LogP contribution in [-0.4, -0.2) is 51.9 Å². The van der Waals surface area contributed by atoms with Crippen molar-refractivity contribution in [2.24, 2.45) is 0 Å². The van der Waals surface area contributed by atoms with Gasteiger partial charge in [0.05, 0.1) is 13.2 Å². The number of nitrogens with zero attached hydrogens (tertiary/aromatic N) is 1. The topological polar surface area (TPSA) is 67.9 Å². The Morgan fingerprint density at radius 1 is 1.18 bits per heavy atom. The SMILES string of the molecule is CN(C)S(=O)(=O)NC1CCC2(CC1)OCCO2. The van der Waals surface area contributed by atoms with Gasteiger partial charge in [-0.2, -0.15) is 17.4 Å². The standard InChI is InChI=1S/C10H20N2O4S/c1-12(2)17(13,14)11-9-3-5-10(6-4-9)15-7-8-16-10/h9,11H,3-8H2,1-2H3. The van der Waals surface area contributed by atoms with Gasteiger partial charge in [0.25, 0.3) is 10.2 Å². The predicted octanol–water partition coefficient (Wildman–Crippen LogP) is 0.0681. The number of hydrogen-bond acceptors (Lipinski definition) is 4. The summed E-state index contributed by atoms with van der Waals surface area (Å²) in [5.41, 5.74) is 0. The number of nitrogens with one attached hydrogen (secondary N) is 1.